The minimum Gasteiger partial charge on any atom is -0.309 e. The molecule has 0 aliphatic rings. The molecule has 0 aliphatic carbocycles. The third-order valence-electron chi connectivity index (χ3n) is 11.8. The number of benzene rings is 9. The summed E-state index contributed by atoms with van der Waals surface area (Å²) in [4.78, 5) is 0. The largest absolute Gasteiger partial charge is 0.309 e. The molecule has 9 aromatic carbocycles. The fourth-order valence-corrected chi connectivity index (χ4v) is 9.40. The van der Waals surface area contributed by atoms with Crippen molar-refractivity contribution < 1.29 is 0 Å². The van der Waals surface area contributed by atoms with Gasteiger partial charge in [0, 0.05) is 49.3 Å². The topological polar surface area (TPSA) is 14.8 Å². The lowest BCUT2D eigenvalue weighted by Crippen LogP contribution is -1.98. The molecule has 0 bridgehead atoms. The summed E-state index contributed by atoms with van der Waals surface area (Å²) in [5, 5.41) is 7.53. The van der Waals surface area contributed by atoms with Gasteiger partial charge in [-0.05, 0) is 95.6 Å². The second kappa shape index (κ2) is 12.5. The SMILES string of the molecule is c1ccc(-c2ccc(-n3c4ccccc4c4c5c6ccccc6n(-c6ccccc6)c5ccc43)c(-c3ccc4c(c3)c3ccccc3n4-c3ccccc3)c2)cc1. The highest BCUT2D eigenvalue weighted by Gasteiger charge is 2.22. The van der Waals surface area contributed by atoms with Gasteiger partial charge in [-0.1, -0.05) is 133 Å². The van der Waals surface area contributed by atoms with Crippen molar-refractivity contribution in [1.29, 1.82) is 0 Å². The number of aromatic nitrogens is 3. The standard InChI is InChI=1S/C54H35N3/c1-4-16-36(17-5-1)37-28-30-49(44(34-37)38-29-31-50-45(35-38)41-22-10-13-25-46(41)55(50)39-18-6-2-7-19-39)57-48-27-15-12-24-43(48)54-52(57)33-32-51-53(54)42-23-11-14-26-47(42)56(51)40-20-8-3-9-21-40/h1-35H. The van der Waals surface area contributed by atoms with E-state index in [-0.39, 0.29) is 0 Å². The Kier molecular flexibility index (Phi) is 6.93. The highest BCUT2D eigenvalue weighted by atomic mass is 15.0. The van der Waals surface area contributed by atoms with Crippen LogP contribution in [0.3, 0.4) is 0 Å². The zero-order valence-electron chi connectivity index (χ0n) is 31.0. The second-order valence-corrected chi connectivity index (χ2v) is 14.9. The van der Waals surface area contributed by atoms with Gasteiger partial charge >= 0.3 is 0 Å². The van der Waals surface area contributed by atoms with E-state index in [9.17, 15) is 0 Å². The van der Waals surface area contributed by atoms with Crippen LogP contribution in [0.1, 0.15) is 0 Å². The van der Waals surface area contributed by atoms with Crippen LogP contribution < -0.4 is 0 Å². The summed E-state index contributed by atoms with van der Waals surface area (Å²) < 4.78 is 7.30. The Morgan fingerprint density at radius 3 is 1.32 bits per heavy atom. The fraction of sp³-hybridized carbons (Fsp3) is 0. The average molecular weight is 726 g/mol. The molecule has 12 rings (SSSR count). The predicted molar refractivity (Wildman–Crippen MR) is 240 cm³/mol. The zero-order chi connectivity index (χ0) is 37.5. The van der Waals surface area contributed by atoms with Crippen LogP contribution in [-0.2, 0) is 0 Å². The van der Waals surface area contributed by atoms with E-state index in [1.54, 1.807) is 0 Å². The smallest absolute Gasteiger partial charge is 0.0549 e. The molecular formula is C54H35N3. The molecule has 0 aliphatic heterocycles. The summed E-state index contributed by atoms with van der Waals surface area (Å²) in [5.74, 6) is 0. The van der Waals surface area contributed by atoms with Crippen molar-refractivity contribution >= 4 is 65.4 Å². The summed E-state index contributed by atoms with van der Waals surface area (Å²) in [6.07, 6.45) is 0. The van der Waals surface area contributed by atoms with Crippen LogP contribution in [-0.4, -0.2) is 13.7 Å². The van der Waals surface area contributed by atoms with Gasteiger partial charge in [-0.2, -0.15) is 0 Å². The van der Waals surface area contributed by atoms with Crippen LogP contribution in [0, 0.1) is 0 Å². The van der Waals surface area contributed by atoms with Gasteiger partial charge in [0.05, 0.1) is 38.8 Å². The molecule has 3 heteroatoms. The first kappa shape index (κ1) is 31.7. The van der Waals surface area contributed by atoms with Crippen LogP contribution >= 0.6 is 0 Å². The Bertz CT molecular complexity index is 3500. The van der Waals surface area contributed by atoms with Crippen molar-refractivity contribution in [3.8, 4) is 39.3 Å². The molecular weight excluding hydrogens is 691 g/mol. The number of para-hydroxylation sites is 5. The molecule has 0 amide bonds. The quantitative estimate of drug-likeness (QED) is 0.168. The molecule has 12 aromatic rings. The van der Waals surface area contributed by atoms with Gasteiger partial charge in [0.15, 0.2) is 0 Å². The highest BCUT2D eigenvalue weighted by molar-refractivity contribution is 6.29. The van der Waals surface area contributed by atoms with Gasteiger partial charge in [0.25, 0.3) is 0 Å². The predicted octanol–water partition coefficient (Wildman–Crippen LogP) is 14.3. The summed E-state index contributed by atoms with van der Waals surface area (Å²) in [6, 6.07) is 77.4. The van der Waals surface area contributed by atoms with Crippen LogP contribution in [0.2, 0.25) is 0 Å². The third kappa shape index (κ3) is 4.73. The summed E-state index contributed by atoms with van der Waals surface area (Å²) in [7, 11) is 0. The molecule has 0 saturated carbocycles. The van der Waals surface area contributed by atoms with E-state index >= 15 is 0 Å². The van der Waals surface area contributed by atoms with E-state index in [0.717, 1.165) is 17.1 Å². The van der Waals surface area contributed by atoms with Gasteiger partial charge < -0.3 is 13.7 Å². The monoisotopic (exact) mass is 725 g/mol. The van der Waals surface area contributed by atoms with Gasteiger partial charge in [-0.25, -0.2) is 0 Å². The number of nitrogens with zero attached hydrogens (tertiary/aromatic N) is 3. The Hall–Kier alpha value is -7.62. The average Bonchev–Trinajstić information content (AvgIpc) is 3.92. The van der Waals surface area contributed by atoms with Gasteiger partial charge in [-0.15, -0.1) is 0 Å². The summed E-state index contributed by atoms with van der Waals surface area (Å²) >= 11 is 0. The van der Waals surface area contributed by atoms with Gasteiger partial charge in [0.2, 0.25) is 0 Å². The highest BCUT2D eigenvalue weighted by Crippen LogP contribution is 2.45. The molecule has 0 saturated heterocycles. The molecule has 3 nitrogen and oxygen atoms in total. The minimum atomic E-state index is 1.15. The van der Waals surface area contributed by atoms with Gasteiger partial charge in [0.1, 0.15) is 0 Å². The molecule has 0 spiro atoms. The first-order chi connectivity index (χ1) is 28.3. The van der Waals surface area contributed by atoms with Crippen molar-refractivity contribution in [3.63, 3.8) is 0 Å². The van der Waals surface area contributed by atoms with E-state index in [0.29, 0.717) is 0 Å². The third-order valence-corrected chi connectivity index (χ3v) is 11.8. The van der Waals surface area contributed by atoms with Crippen molar-refractivity contribution in [1.82, 2.24) is 13.7 Å². The zero-order valence-corrected chi connectivity index (χ0v) is 31.0. The Morgan fingerprint density at radius 2 is 0.684 bits per heavy atom. The van der Waals surface area contributed by atoms with Crippen LogP contribution in [0.25, 0.3) is 105 Å². The molecule has 3 heterocycles. The maximum Gasteiger partial charge on any atom is 0.0549 e. The van der Waals surface area contributed by atoms with Crippen molar-refractivity contribution in [2.24, 2.45) is 0 Å². The first-order valence-corrected chi connectivity index (χ1v) is 19.6. The van der Waals surface area contributed by atoms with Crippen molar-refractivity contribution in [2.45, 2.75) is 0 Å². The number of fused-ring (bicyclic) bond motifs is 10. The number of hydrogen-bond acceptors (Lipinski definition) is 0. The van der Waals surface area contributed by atoms with E-state index in [1.165, 1.54) is 87.7 Å². The molecule has 0 unspecified atom stereocenters. The van der Waals surface area contributed by atoms with Crippen LogP contribution in [0.4, 0.5) is 0 Å². The summed E-state index contributed by atoms with van der Waals surface area (Å²) in [5.41, 5.74) is 15.4. The van der Waals surface area contributed by atoms with Crippen molar-refractivity contribution in [3.05, 3.63) is 212 Å². The fourth-order valence-electron chi connectivity index (χ4n) is 9.40. The maximum atomic E-state index is 2.50. The lowest BCUT2D eigenvalue weighted by atomic mass is 9.96. The van der Waals surface area contributed by atoms with Gasteiger partial charge in [-0.3, -0.25) is 0 Å². The second-order valence-electron chi connectivity index (χ2n) is 14.9. The number of rotatable bonds is 5. The normalized spacial score (nSPS) is 11.9. The maximum absolute atomic E-state index is 2.50. The lowest BCUT2D eigenvalue weighted by Gasteiger charge is -2.17. The van der Waals surface area contributed by atoms with E-state index in [1.807, 2.05) is 0 Å². The Balaban J connectivity index is 1.17. The molecule has 0 atom stereocenters. The van der Waals surface area contributed by atoms with E-state index in [2.05, 4.69) is 226 Å². The Morgan fingerprint density at radius 1 is 0.246 bits per heavy atom. The number of hydrogen-bond donors (Lipinski definition) is 0. The molecule has 266 valence electrons. The van der Waals surface area contributed by atoms with Crippen LogP contribution in [0.5, 0.6) is 0 Å². The summed E-state index contributed by atoms with van der Waals surface area (Å²) in [6.45, 7) is 0. The van der Waals surface area contributed by atoms with E-state index < -0.39 is 0 Å². The Labute approximate surface area is 329 Å². The lowest BCUT2D eigenvalue weighted by molar-refractivity contribution is 1.17. The molecule has 0 fully saturated rings. The molecule has 3 aromatic heterocycles. The first-order valence-electron chi connectivity index (χ1n) is 19.6. The van der Waals surface area contributed by atoms with E-state index in [4.69, 9.17) is 0 Å². The minimum absolute atomic E-state index is 1.15. The van der Waals surface area contributed by atoms with Crippen LogP contribution in [0.15, 0.2) is 212 Å². The molecule has 0 N–H and O–H groups in total. The molecule has 0 radical (unpaired) electrons. The van der Waals surface area contributed by atoms with Crippen molar-refractivity contribution in [2.75, 3.05) is 0 Å². The molecule has 57 heavy (non-hydrogen) atoms.